The molecule has 0 aliphatic heterocycles. The molecule has 0 spiro atoms. The molecule has 0 aromatic heterocycles. The lowest BCUT2D eigenvalue weighted by Crippen LogP contribution is -2.40. The van der Waals surface area contributed by atoms with Crippen molar-refractivity contribution in [2.24, 2.45) is 5.92 Å². The Morgan fingerprint density at radius 3 is 2.15 bits per heavy atom. The van der Waals surface area contributed by atoms with Gasteiger partial charge in [-0.15, -0.1) is 0 Å². The van der Waals surface area contributed by atoms with Crippen LogP contribution in [0.3, 0.4) is 0 Å². The summed E-state index contributed by atoms with van der Waals surface area (Å²) in [6.07, 6.45) is 0. The number of benzene rings is 1. The second-order valence-electron chi connectivity index (χ2n) is 7.62. The number of nitrogens with zero attached hydrogens (tertiary/aromatic N) is 2. The standard InChI is InChI=1S/C20H34N4O2/c1-13(2)15(5)24(16(6)25)12-17-11-18(9-10-19(17)23(7)8)22-20(26)21-14(3)4/h9-11,13-15H,12H2,1-8H3,(H2,21,22,26)/t15-/m0/s1. The average Bonchev–Trinajstić information content (AvgIpc) is 2.50. The molecule has 0 bridgehead atoms. The maximum absolute atomic E-state index is 12.2. The van der Waals surface area contributed by atoms with Crippen molar-refractivity contribution in [3.63, 3.8) is 0 Å². The molecule has 1 aromatic carbocycles. The molecule has 2 N–H and O–H groups in total. The van der Waals surface area contributed by atoms with E-state index in [1.807, 2.05) is 55.9 Å². The van der Waals surface area contributed by atoms with Gasteiger partial charge < -0.3 is 20.4 Å². The summed E-state index contributed by atoms with van der Waals surface area (Å²) in [6, 6.07) is 5.75. The van der Waals surface area contributed by atoms with Crippen LogP contribution in [0.1, 0.15) is 47.1 Å². The molecule has 0 radical (unpaired) electrons. The van der Waals surface area contributed by atoms with E-state index in [2.05, 4.69) is 31.4 Å². The lowest BCUT2D eigenvalue weighted by atomic mass is 10.0. The van der Waals surface area contributed by atoms with E-state index in [0.717, 1.165) is 11.3 Å². The first-order valence-corrected chi connectivity index (χ1v) is 9.17. The molecular weight excluding hydrogens is 328 g/mol. The van der Waals surface area contributed by atoms with E-state index in [4.69, 9.17) is 0 Å². The largest absolute Gasteiger partial charge is 0.377 e. The molecule has 0 unspecified atom stereocenters. The number of hydrogen-bond donors (Lipinski definition) is 2. The van der Waals surface area contributed by atoms with Gasteiger partial charge in [0.1, 0.15) is 0 Å². The minimum Gasteiger partial charge on any atom is -0.377 e. The maximum atomic E-state index is 12.2. The summed E-state index contributed by atoms with van der Waals surface area (Å²) in [5.74, 6) is 0.409. The smallest absolute Gasteiger partial charge is 0.319 e. The number of urea groups is 1. The summed E-state index contributed by atoms with van der Waals surface area (Å²) >= 11 is 0. The van der Waals surface area contributed by atoms with E-state index in [9.17, 15) is 9.59 Å². The Balaban J connectivity index is 3.14. The highest BCUT2D eigenvalue weighted by Gasteiger charge is 2.21. The molecule has 0 fully saturated rings. The zero-order valence-corrected chi connectivity index (χ0v) is 17.4. The van der Waals surface area contributed by atoms with Crippen molar-refractivity contribution in [3.05, 3.63) is 23.8 Å². The molecule has 0 heterocycles. The summed E-state index contributed by atoms with van der Waals surface area (Å²) in [5, 5.41) is 5.68. The zero-order chi connectivity index (χ0) is 20.0. The Bertz CT molecular complexity index is 626. The third-order valence-corrected chi connectivity index (χ3v) is 4.44. The van der Waals surface area contributed by atoms with E-state index in [1.165, 1.54) is 0 Å². The third-order valence-electron chi connectivity index (χ3n) is 4.44. The van der Waals surface area contributed by atoms with Gasteiger partial charge in [-0.3, -0.25) is 4.79 Å². The van der Waals surface area contributed by atoms with Crippen molar-refractivity contribution in [3.8, 4) is 0 Å². The van der Waals surface area contributed by atoms with Crippen LogP contribution in [-0.4, -0.2) is 43.0 Å². The van der Waals surface area contributed by atoms with Crippen molar-refractivity contribution in [2.75, 3.05) is 24.3 Å². The Morgan fingerprint density at radius 2 is 1.69 bits per heavy atom. The third kappa shape index (κ3) is 6.24. The fraction of sp³-hybridized carbons (Fsp3) is 0.600. The number of rotatable bonds is 7. The molecule has 6 nitrogen and oxygen atoms in total. The van der Waals surface area contributed by atoms with Gasteiger partial charge in [0.15, 0.2) is 0 Å². The second kappa shape index (κ2) is 9.46. The van der Waals surface area contributed by atoms with Crippen molar-refractivity contribution >= 4 is 23.3 Å². The summed E-state index contributed by atoms with van der Waals surface area (Å²) in [5.41, 5.74) is 2.74. The Kier molecular flexibility index (Phi) is 7.93. The van der Waals surface area contributed by atoms with Crippen LogP contribution in [0.5, 0.6) is 0 Å². The fourth-order valence-corrected chi connectivity index (χ4v) is 2.74. The first-order chi connectivity index (χ1) is 12.0. The summed E-state index contributed by atoms with van der Waals surface area (Å²) in [4.78, 5) is 28.1. The van der Waals surface area contributed by atoms with Crippen molar-refractivity contribution in [1.29, 1.82) is 0 Å². The number of carbonyl (C=O) groups excluding carboxylic acids is 2. The van der Waals surface area contributed by atoms with Crippen LogP contribution in [-0.2, 0) is 11.3 Å². The molecule has 1 aromatic rings. The Hall–Kier alpha value is -2.24. The van der Waals surface area contributed by atoms with Crippen LogP contribution in [0.15, 0.2) is 18.2 Å². The minimum absolute atomic E-state index is 0.0480. The van der Waals surface area contributed by atoms with Crippen LogP contribution < -0.4 is 15.5 Å². The van der Waals surface area contributed by atoms with Crippen LogP contribution in [0.25, 0.3) is 0 Å². The zero-order valence-electron chi connectivity index (χ0n) is 17.4. The van der Waals surface area contributed by atoms with Gasteiger partial charge in [-0.1, -0.05) is 13.8 Å². The Morgan fingerprint density at radius 1 is 1.08 bits per heavy atom. The molecular formula is C20H34N4O2. The highest BCUT2D eigenvalue weighted by atomic mass is 16.2. The predicted molar refractivity (Wildman–Crippen MR) is 109 cm³/mol. The van der Waals surface area contributed by atoms with Gasteiger partial charge in [-0.2, -0.15) is 0 Å². The van der Waals surface area contributed by atoms with Crippen LogP contribution >= 0.6 is 0 Å². The number of anilines is 2. The maximum Gasteiger partial charge on any atom is 0.319 e. The van der Waals surface area contributed by atoms with Crippen molar-refractivity contribution in [1.82, 2.24) is 10.2 Å². The van der Waals surface area contributed by atoms with Crippen molar-refractivity contribution in [2.45, 2.75) is 60.2 Å². The molecule has 1 rings (SSSR count). The van der Waals surface area contributed by atoms with E-state index in [-0.39, 0.29) is 24.0 Å². The van der Waals surface area contributed by atoms with E-state index in [1.54, 1.807) is 6.92 Å². The van der Waals surface area contributed by atoms with Crippen LogP contribution in [0.2, 0.25) is 0 Å². The molecule has 6 heteroatoms. The molecule has 0 saturated carbocycles. The molecule has 26 heavy (non-hydrogen) atoms. The molecule has 1 atom stereocenters. The molecule has 146 valence electrons. The first-order valence-electron chi connectivity index (χ1n) is 9.17. The Labute approximate surface area is 157 Å². The topological polar surface area (TPSA) is 64.7 Å². The van der Waals surface area contributed by atoms with Crippen LogP contribution in [0.4, 0.5) is 16.2 Å². The SMILES string of the molecule is CC(=O)N(Cc1cc(NC(=O)NC(C)C)ccc1N(C)C)[C@@H](C)C(C)C. The molecule has 0 aliphatic rings. The number of nitrogens with one attached hydrogen (secondary N) is 2. The van der Waals surface area contributed by atoms with Gasteiger partial charge in [-0.25, -0.2) is 4.79 Å². The first kappa shape index (κ1) is 21.8. The quantitative estimate of drug-likeness (QED) is 0.778. The molecule has 3 amide bonds. The van der Waals surface area contributed by atoms with Gasteiger partial charge in [0.2, 0.25) is 5.91 Å². The van der Waals surface area contributed by atoms with E-state index >= 15 is 0 Å². The van der Waals surface area contributed by atoms with Crippen LogP contribution in [0, 0.1) is 5.92 Å². The second-order valence-corrected chi connectivity index (χ2v) is 7.62. The van der Waals surface area contributed by atoms with Gasteiger partial charge in [0.05, 0.1) is 0 Å². The molecule has 0 saturated heterocycles. The highest BCUT2D eigenvalue weighted by molar-refractivity contribution is 5.90. The van der Waals surface area contributed by atoms with E-state index in [0.29, 0.717) is 18.2 Å². The normalized spacial score (nSPS) is 12.1. The highest BCUT2D eigenvalue weighted by Crippen LogP contribution is 2.26. The van der Waals surface area contributed by atoms with Crippen molar-refractivity contribution < 1.29 is 9.59 Å². The number of amides is 3. The summed E-state index contributed by atoms with van der Waals surface area (Å²) < 4.78 is 0. The average molecular weight is 363 g/mol. The van der Waals surface area contributed by atoms with Gasteiger partial charge in [0.25, 0.3) is 0 Å². The van der Waals surface area contributed by atoms with Gasteiger partial charge >= 0.3 is 6.03 Å². The number of hydrogen-bond acceptors (Lipinski definition) is 3. The predicted octanol–water partition coefficient (Wildman–Crippen LogP) is 3.68. The monoisotopic (exact) mass is 362 g/mol. The van der Waals surface area contributed by atoms with E-state index < -0.39 is 0 Å². The lowest BCUT2D eigenvalue weighted by Gasteiger charge is -2.32. The molecule has 0 aliphatic carbocycles. The summed E-state index contributed by atoms with van der Waals surface area (Å²) in [6.45, 7) is 12.2. The number of carbonyl (C=O) groups is 2. The van der Waals surface area contributed by atoms with Gasteiger partial charge in [-0.05, 0) is 50.5 Å². The lowest BCUT2D eigenvalue weighted by molar-refractivity contribution is -0.132. The fourth-order valence-electron chi connectivity index (χ4n) is 2.74. The van der Waals surface area contributed by atoms with Gasteiger partial charge in [0, 0.05) is 51.0 Å². The minimum atomic E-state index is -0.234. The summed E-state index contributed by atoms with van der Waals surface area (Å²) in [7, 11) is 3.95.